The number of fused-ring (bicyclic) bond motifs is 2. The van der Waals surface area contributed by atoms with Crippen LogP contribution < -0.4 is 5.43 Å². The second-order valence-electron chi connectivity index (χ2n) is 9.05. The van der Waals surface area contributed by atoms with Gasteiger partial charge in [0.2, 0.25) is 11.2 Å². The van der Waals surface area contributed by atoms with Crippen molar-refractivity contribution >= 4 is 21.7 Å². The Hall–Kier alpha value is -3.36. The number of hydrogen-bond donors (Lipinski definition) is 1. The van der Waals surface area contributed by atoms with Crippen molar-refractivity contribution in [2.45, 2.75) is 38.8 Å². The van der Waals surface area contributed by atoms with E-state index < -0.39 is 22.9 Å². The monoisotopic (exact) mass is 483 g/mol. The van der Waals surface area contributed by atoms with Gasteiger partial charge in [-0.15, -0.1) is 0 Å². The number of morpholine rings is 1. The maximum absolute atomic E-state index is 14.3. The van der Waals surface area contributed by atoms with E-state index in [0.717, 1.165) is 0 Å². The molecule has 35 heavy (non-hydrogen) atoms. The number of benzene rings is 3. The molecule has 0 aliphatic carbocycles. The number of phenols is 1. The molecule has 1 saturated heterocycles. The smallest absolute Gasteiger partial charge is 0.450 e. The minimum Gasteiger partial charge on any atom is -0.507 e. The minimum atomic E-state index is -4.93. The van der Waals surface area contributed by atoms with Crippen molar-refractivity contribution in [3.8, 4) is 16.9 Å². The molecule has 1 aromatic heterocycles. The molecule has 1 aliphatic rings. The van der Waals surface area contributed by atoms with Crippen LogP contribution in [-0.2, 0) is 17.5 Å². The van der Waals surface area contributed by atoms with Gasteiger partial charge in [-0.2, -0.15) is 13.2 Å². The zero-order chi connectivity index (χ0) is 24.9. The maximum Gasteiger partial charge on any atom is 0.450 e. The Bertz CT molecular complexity index is 1460. The lowest BCUT2D eigenvalue weighted by Crippen LogP contribution is -2.44. The molecule has 5 rings (SSSR count). The number of rotatable bonds is 3. The zero-order valence-corrected chi connectivity index (χ0v) is 19.2. The summed E-state index contributed by atoms with van der Waals surface area (Å²) in [6, 6.07) is 14.5. The summed E-state index contributed by atoms with van der Waals surface area (Å²) >= 11 is 0. The Kier molecular flexibility index (Phi) is 5.81. The van der Waals surface area contributed by atoms with Crippen LogP contribution in [0.4, 0.5) is 13.2 Å². The van der Waals surface area contributed by atoms with Gasteiger partial charge in [0.15, 0.2) is 0 Å². The van der Waals surface area contributed by atoms with Gasteiger partial charge in [-0.1, -0.05) is 42.5 Å². The SMILES string of the molecule is C[C@H]1CN(Cc2c(O)ccc3c(=O)c(-c4cccc5ccccc45)c(C(F)(F)F)oc23)C[C@H](C)O1. The summed E-state index contributed by atoms with van der Waals surface area (Å²) in [6.07, 6.45) is -5.08. The van der Waals surface area contributed by atoms with E-state index in [1.54, 1.807) is 36.4 Å². The number of nitrogens with zero attached hydrogens (tertiary/aromatic N) is 1. The van der Waals surface area contributed by atoms with Crippen molar-refractivity contribution in [1.29, 1.82) is 0 Å². The molecule has 2 atom stereocenters. The minimum absolute atomic E-state index is 0.0110. The van der Waals surface area contributed by atoms with Gasteiger partial charge in [0, 0.05) is 19.6 Å². The van der Waals surface area contributed by atoms with E-state index in [4.69, 9.17) is 9.15 Å². The first-order valence-electron chi connectivity index (χ1n) is 11.4. The van der Waals surface area contributed by atoms with Crippen LogP contribution in [0.25, 0.3) is 32.9 Å². The van der Waals surface area contributed by atoms with Crippen molar-refractivity contribution in [2.24, 2.45) is 0 Å². The van der Waals surface area contributed by atoms with Crippen LogP contribution in [0, 0.1) is 0 Å². The fourth-order valence-electron chi connectivity index (χ4n) is 4.98. The van der Waals surface area contributed by atoms with Gasteiger partial charge in [-0.25, -0.2) is 0 Å². The first kappa shape index (κ1) is 23.4. The van der Waals surface area contributed by atoms with E-state index in [2.05, 4.69) is 0 Å². The summed E-state index contributed by atoms with van der Waals surface area (Å²) in [5.74, 6) is -1.60. The number of hydrogen-bond acceptors (Lipinski definition) is 5. The van der Waals surface area contributed by atoms with Crippen LogP contribution in [0.5, 0.6) is 5.75 Å². The molecular formula is C27H24F3NO4. The van der Waals surface area contributed by atoms with Crippen LogP contribution in [-0.4, -0.2) is 35.3 Å². The Morgan fingerprint density at radius 2 is 1.66 bits per heavy atom. The lowest BCUT2D eigenvalue weighted by atomic mass is 9.95. The molecule has 2 heterocycles. The summed E-state index contributed by atoms with van der Waals surface area (Å²) in [4.78, 5) is 15.6. The molecular weight excluding hydrogens is 459 g/mol. The third kappa shape index (κ3) is 4.28. The fraction of sp³-hybridized carbons (Fsp3) is 0.296. The van der Waals surface area contributed by atoms with E-state index in [9.17, 15) is 23.1 Å². The Morgan fingerprint density at radius 3 is 2.37 bits per heavy atom. The summed E-state index contributed by atoms with van der Waals surface area (Å²) in [6.45, 7) is 5.00. The second kappa shape index (κ2) is 8.70. The van der Waals surface area contributed by atoms with E-state index in [1.807, 2.05) is 18.7 Å². The third-order valence-corrected chi connectivity index (χ3v) is 6.33. The maximum atomic E-state index is 14.3. The molecule has 1 fully saturated rings. The molecule has 8 heteroatoms. The molecule has 0 radical (unpaired) electrons. The highest BCUT2D eigenvalue weighted by Crippen LogP contribution is 2.41. The molecule has 182 valence electrons. The topological polar surface area (TPSA) is 62.9 Å². The van der Waals surface area contributed by atoms with E-state index in [1.165, 1.54) is 18.2 Å². The number of phenolic OH excluding ortho intramolecular Hbond substituents is 1. The quantitative estimate of drug-likeness (QED) is 0.390. The van der Waals surface area contributed by atoms with E-state index in [-0.39, 0.29) is 46.6 Å². The Labute approximate surface area is 199 Å². The average Bonchev–Trinajstić information content (AvgIpc) is 2.79. The van der Waals surface area contributed by atoms with Crippen LogP contribution in [0.3, 0.4) is 0 Å². The molecule has 3 aromatic carbocycles. The van der Waals surface area contributed by atoms with Crippen LogP contribution in [0.2, 0.25) is 0 Å². The normalized spacial score (nSPS) is 19.5. The van der Waals surface area contributed by atoms with Gasteiger partial charge in [-0.05, 0) is 42.3 Å². The predicted octanol–water partition coefficient (Wildman–Crippen LogP) is 5.95. The second-order valence-corrected chi connectivity index (χ2v) is 9.05. The summed E-state index contributed by atoms with van der Waals surface area (Å²) in [7, 11) is 0. The lowest BCUT2D eigenvalue weighted by molar-refractivity contribution is -0.152. The van der Waals surface area contributed by atoms with Crippen molar-refractivity contribution in [1.82, 2.24) is 4.90 Å². The van der Waals surface area contributed by atoms with Crippen LogP contribution >= 0.6 is 0 Å². The first-order chi connectivity index (χ1) is 16.6. The Morgan fingerprint density at radius 1 is 0.971 bits per heavy atom. The molecule has 0 unspecified atom stereocenters. The van der Waals surface area contributed by atoms with Crippen LogP contribution in [0.1, 0.15) is 25.2 Å². The molecule has 4 aromatic rings. The molecule has 1 N–H and O–H groups in total. The molecule has 1 aliphatic heterocycles. The highest BCUT2D eigenvalue weighted by molar-refractivity contribution is 5.99. The van der Waals surface area contributed by atoms with E-state index in [0.29, 0.717) is 23.9 Å². The molecule has 0 bridgehead atoms. The molecule has 0 saturated carbocycles. The van der Waals surface area contributed by atoms with Gasteiger partial charge in [0.25, 0.3) is 0 Å². The fourth-order valence-corrected chi connectivity index (χ4v) is 4.98. The number of alkyl halides is 3. The molecule has 0 amide bonds. The summed E-state index contributed by atoms with van der Waals surface area (Å²) < 4.78 is 54.2. The third-order valence-electron chi connectivity index (χ3n) is 6.33. The number of halogens is 3. The van der Waals surface area contributed by atoms with Gasteiger partial charge in [0.05, 0.1) is 28.7 Å². The highest BCUT2D eigenvalue weighted by atomic mass is 19.4. The Balaban J connectivity index is 1.76. The van der Waals surface area contributed by atoms with Crippen molar-refractivity contribution in [3.63, 3.8) is 0 Å². The largest absolute Gasteiger partial charge is 0.507 e. The van der Waals surface area contributed by atoms with Gasteiger partial charge >= 0.3 is 6.18 Å². The van der Waals surface area contributed by atoms with E-state index >= 15 is 0 Å². The standard InChI is InChI=1S/C27H24F3NO4/c1-15-12-31(13-16(2)34-15)14-21-22(32)11-10-20-24(33)23(26(27(28,29)30)35-25(20)21)19-9-5-7-17-6-3-4-8-18(17)19/h3-11,15-16,32H,12-14H2,1-2H3/t15-,16-/m0/s1. The zero-order valence-electron chi connectivity index (χ0n) is 19.2. The molecule has 5 nitrogen and oxygen atoms in total. The number of aromatic hydroxyl groups is 1. The molecule has 0 spiro atoms. The van der Waals surface area contributed by atoms with Gasteiger partial charge in [0.1, 0.15) is 11.3 Å². The van der Waals surface area contributed by atoms with Crippen molar-refractivity contribution < 1.29 is 27.4 Å². The van der Waals surface area contributed by atoms with Gasteiger partial charge in [-0.3, -0.25) is 9.69 Å². The average molecular weight is 483 g/mol. The lowest BCUT2D eigenvalue weighted by Gasteiger charge is -2.35. The van der Waals surface area contributed by atoms with Crippen LogP contribution in [0.15, 0.2) is 63.8 Å². The first-order valence-corrected chi connectivity index (χ1v) is 11.4. The predicted molar refractivity (Wildman–Crippen MR) is 127 cm³/mol. The number of ether oxygens (including phenoxy) is 1. The summed E-state index contributed by atoms with van der Waals surface area (Å²) in [5.41, 5.74) is -1.28. The highest BCUT2D eigenvalue weighted by Gasteiger charge is 2.40. The van der Waals surface area contributed by atoms with Crippen molar-refractivity contribution in [3.05, 3.63) is 76.1 Å². The van der Waals surface area contributed by atoms with Gasteiger partial charge < -0.3 is 14.3 Å². The van der Waals surface area contributed by atoms with Crippen molar-refractivity contribution in [2.75, 3.05) is 13.1 Å². The summed E-state index contributed by atoms with van der Waals surface area (Å²) in [5, 5.41) is 11.8.